The first-order valence-electron chi connectivity index (χ1n) is 3.35. The van der Waals surface area contributed by atoms with E-state index >= 15 is 0 Å². The first kappa shape index (κ1) is 7.26. The molecule has 0 fully saturated rings. The van der Waals surface area contributed by atoms with Crippen molar-refractivity contribution in [3.63, 3.8) is 0 Å². The quantitative estimate of drug-likeness (QED) is 0.527. The van der Waals surface area contributed by atoms with Gasteiger partial charge in [-0.25, -0.2) is 0 Å². The molecule has 52 valence electrons. The lowest BCUT2D eigenvalue weighted by molar-refractivity contribution is 0.585. The predicted octanol–water partition coefficient (Wildman–Crippen LogP) is 1.98. The van der Waals surface area contributed by atoms with Gasteiger partial charge in [-0.15, -0.1) is 0 Å². The number of hydrogen-bond donors (Lipinski definition) is 0. The SMILES string of the molecule is CC(C)(C)c1[c]ccn[c]1. The van der Waals surface area contributed by atoms with Crippen LogP contribution in [0, 0.1) is 12.3 Å². The molecule has 0 aliphatic heterocycles. The Morgan fingerprint density at radius 3 is 2.40 bits per heavy atom. The van der Waals surface area contributed by atoms with Gasteiger partial charge in [-0.1, -0.05) is 20.8 Å². The summed E-state index contributed by atoms with van der Waals surface area (Å²) in [5.74, 6) is 0. The fraction of sp³-hybridized carbons (Fsp3) is 0.444. The summed E-state index contributed by atoms with van der Waals surface area (Å²) in [7, 11) is 0. The van der Waals surface area contributed by atoms with E-state index in [0.29, 0.717) is 0 Å². The summed E-state index contributed by atoms with van der Waals surface area (Å²) in [6.45, 7) is 6.37. The Bertz CT molecular complexity index is 196. The lowest BCUT2D eigenvalue weighted by Crippen LogP contribution is -2.11. The van der Waals surface area contributed by atoms with Gasteiger partial charge in [0.05, 0.1) is 6.20 Å². The van der Waals surface area contributed by atoms with Crippen LogP contribution in [0.4, 0.5) is 0 Å². The van der Waals surface area contributed by atoms with Gasteiger partial charge in [0, 0.05) is 6.20 Å². The van der Waals surface area contributed by atoms with Gasteiger partial charge in [0.2, 0.25) is 0 Å². The van der Waals surface area contributed by atoms with Crippen LogP contribution in [-0.4, -0.2) is 4.98 Å². The highest BCUT2D eigenvalue weighted by Crippen LogP contribution is 2.18. The molecule has 1 heterocycles. The maximum Gasteiger partial charge on any atom is 0.0932 e. The fourth-order valence-electron chi connectivity index (χ4n) is 0.676. The minimum absolute atomic E-state index is 0.119. The van der Waals surface area contributed by atoms with Gasteiger partial charge in [0.25, 0.3) is 0 Å². The monoisotopic (exact) mass is 133 g/mol. The van der Waals surface area contributed by atoms with Crippen molar-refractivity contribution in [2.24, 2.45) is 0 Å². The molecular formula is C9H11N. The lowest BCUT2D eigenvalue weighted by Gasteiger charge is -2.16. The van der Waals surface area contributed by atoms with E-state index in [9.17, 15) is 0 Å². The van der Waals surface area contributed by atoms with Crippen molar-refractivity contribution in [3.05, 3.63) is 30.1 Å². The molecule has 0 aliphatic carbocycles. The van der Waals surface area contributed by atoms with Gasteiger partial charge in [-0.2, -0.15) is 0 Å². The van der Waals surface area contributed by atoms with Crippen LogP contribution in [0.15, 0.2) is 12.3 Å². The zero-order valence-corrected chi connectivity index (χ0v) is 6.60. The highest BCUT2D eigenvalue weighted by atomic mass is 14.6. The molecule has 1 heteroatoms. The van der Waals surface area contributed by atoms with Gasteiger partial charge in [0.15, 0.2) is 0 Å². The molecule has 0 aromatic carbocycles. The topological polar surface area (TPSA) is 12.9 Å². The third-order valence-corrected chi connectivity index (χ3v) is 1.30. The summed E-state index contributed by atoms with van der Waals surface area (Å²) in [4.78, 5) is 3.89. The van der Waals surface area contributed by atoms with E-state index in [-0.39, 0.29) is 5.41 Å². The zero-order chi connectivity index (χ0) is 7.61. The second kappa shape index (κ2) is 2.41. The highest BCUT2D eigenvalue weighted by Gasteiger charge is 2.13. The van der Waals surface area contributed by atoms with E-state index in [1.54, 1.807) is 6.20 Å². The average Bonchev–Trinajstić information content (AvgIpc) is 1.88. The third-order valence-electron chi connectivity index (χ3n) is 1.30. The molecule has 0 unspecified atom stereocenters. The molecule has 0 N–H and O–H groups in total. The summed E-state index contributed by atoms with van der Waals surface area (Å²) in [5.41, 5.74) is 1.16. The molecule has 0 saturated carbocycles. The second-order valence-electron chi connectivity index (χ2n) is 3.33. The molecule has 0 spiro atoms. The third kappa shape index (κ3) is 1.56. The summed E-state index contributed by atoms with van der Waals surface area (Å²) in [6, 6.07) is 4.91. The second-order valence-corrected chi connectivity index (χ2v) is 3.33. The fourth-order valence-corrected chi connectivity index (χ4v) is 0.676. The Labute approximate surface area is 62.1 Å². The number of rotatable bonds is 0. The van der Waals surface area contributed by atoms with Crippen LogP contribution in [0.2, 0.25) is 0 Å². The molecule has 0 amide bonds. The molecule has 2 radical (unpaired) electrons. The molecule has 1 rings (SSSR count). The Balaban J connectivity index is 2.97. The van der Waals surface area contributed by atoms with E-state index in [0.717, 1.165) is 5.56 Å². The summed E-state index contributed by atoms with van der Waals surface area (Å²) in [5, 5.41) is 0. The molecule has 10 heavy (non-hydrogen) atoms. The molecule has 0 saturated heterocycles. The van der Waals surface area contributed by atoms with E-state index in [1.807, 2.05) is 6.07 Å². The molecule has 0 bridgehead atoms. The van der Waals surface area contributed by atoms with Crippen molar-refractivity contribution in [1.29, 1.82) is 0 Å². The minimum Gasteiger partial charge on any atom is -0.254 e. The first-order valence-corrected chi connectivity index (χ1v) is 3.35. The molecule has 1 nitrogen and oxygen atoms in total. The number of pyridine rings is 1. The van der Waals surface area contributed by atoms with Gasteiger partial charge in [-0.05, 0) is 23.1 Å². The van der Waals surface area contributed by atoms with Crippen LogP contribution in [0.25, 0.3) is 0 Å². The first-order chi connectivity index (χ1) is 4.61. The van der Waals surface area contributed by atoms with Crippen LogP contribution < -0.4 is 0 Å². The van der Waals surface area contributed by atoms with E-state index in [2.05, 4.69) is 38.0 Å². The maximum atomic E-state index is 3.89. The molecule has 1 aromatic heterocycles. The molecular weight excluding hydrogens is 122 g/mol. The summed E-state index contributed by atoms with van der Waals surface area (Å²) in [6.07, 6.45) is 4.59. The highest BCUT2D eigenvalue weighted by molar-refractivity contribution is 5.14. The van der Waals surface area contributed by atoms with Crippen molar-refractivity contribution in [3.8, 4) is 0 Å². The number of nitrogens with zero attached hydrogens (tertiary/aromatic N) is 1. The molecule has 1 aromatic rings. The Kier molecular flexibility index (Phi) is 1.75. The van der Waals surface area contributed by atoms with Crippen molar-refractivity contribution < 1.29 is 0 Å². The van der Waals surface area contributed by atoms with E-state index in [1.165, 1.54) is 0 Å². The smallest absolute Gasteiger partial charge is 0.0932 e. The van der Waals surface area contributed by atoms with Gasteiger partial charge in [-0.3, -0.25) is 4.98 Å². The van der Waals surface area contributed by atoms with Crippen LogP contribution in [0.3, 0.4) is 0 Å². The van der Waals surface area contributed by atoms with Crippen molar-refractivity contribution in [2.75, 3.05) is 0 Å². The standard InChI is InChI=1S/C9H11N/c1-9(2,3)8-5-4-6-10-7-8/h4,6H,1-3H3. The number of hydrogen-bond acceptors (Lipinski definition) is 1. The lowest BCUT2D eigenvalue weighted by atomic mass is 9.88. The zero-order valence-electron chi connectivity index (χ0n) is 6.60. The molecule has 0 aliphatic rings. The average molecular weight is 133 g/mol. The molecule has 0 atom stereocenters. The number of aromatic nitrogens is 1. The van der Waals surface area contributed by atoms with Crippen molar-refractivity contribution in [1.82, 2.24) is 4.98 Å². The van der Waals surface area contributed by atoms with Gasteiger partial charge in [0.1, 0.15) is 0 Å². The van der Waals surface area contributed by atoms with Crippen molar-refractivity contribution in [2.45, 2.75) is 26.2 Å². The van der Waals surface area contributed by atoms with Crippen LogP contribution >= 0.6 is 0 Å². The largest absolute Gasteiger partial charge is 0.254 e. The Morgan fingerprint density at radius 1 is 1.40 bits per heavy atom. The van der Waals surface area contributed by atoms with Crippen LogP contribution in [0.1, 0.15) is 26.3 Å². The predicted molar refractivity (Wildman–Crippen MR) is 40.6 cm³/mol. The summed E-state index contributed by atoms with van der Waals surface area (Å²) >= 11 is 0. The van der Waals surface area contributed by atoms with Crippen LogP contribution in [-0.2, 0) is 5.41 Å². The summed E-state index contributed by atoms with van der Waals surface area (Å²) < 4.78 is 0. The van der Waals surface area contributed by atoms with E-state index < -0.39 is 0 Å². The van der Waals surface area contributed by atoms with Gasteiger partial charge < -0.3 is 0 Å². The normalized spacial score (nSPS) is 11.5. The minimum atomic E-state index is 0.119. The Hall–Kier alpha value is -0.850. The van der Waals surface area contributed by atoms with E-state index in [4.69, 9.17) is 0 Å². The van der Waals surface area contributed by atoms with Crippen LogP contribution in [0.5, 0.6) is 0 Å². The Morgan fingerprint density at radius 2 is 2.10 bits per heavy atom. The van der Waals surface area contributed by atoms with Gasteiger partial charge >= 0.3 is 0 Å². The van der Waals surface area contributed by atoms with Crippen molar-refractivity contribution >= 4 is 0 Å². The maximum absolute atomic E-state index is 3.89.